The van der Waals surface area contributed by atoms with Crippen molar-refractivity contribution in [3.8, 4) is 0 Å². The fourth-order valence-corrected chi connectivity index (χ4v) is 3.24. The third-order valence-corrected chi connectivity index (χ3v) is 4.75. The highest BCUT2D eigenvalue weighted by Gasteiger charge is 2.12. The van der Waals surface area contributed by atoms with Gasteiger partial charge in [0.1, 0.15) is 5.82 Å². The van der Waals surface area contributed by atoms with Crippen LogP contribution in [0.3, 0.4) is 0 Å². The fraction of sp³-hybridized carbons (Fsp3) is 0. The summed E-state index contributed by atoms with van der Waals surface area (Å²) in [5, 5.41) is 3.62. The van der Waals surface area contributed by atoms with E-state index in [1.165, 1.54) is 23.5 Å². The second kappa shape index (κ2) is 5.46. The predicted molar refractivity (Wildman–Crippen MR) is 88.3 cm³/mol. The summed E-state index contributed by atoms with van der Waals surface area (Å²) in [6.07, 6.45) is 0. The summed E-state index contributed by atoms with van der Waals surface area (Å²) in [5.74, 6) is -0.682. The van der Waals surface area contributed by atoms with E-state index in [9.17, 15) is 9.18 Å². The molecule has 0 fully saturated rings. The number of nitrogens with two attached hydrogens (primary N) is 1. The number of nitrogens with one attached hydrogen (secondary N) is 1. The minimum atomic E-state index is -0.405. The molecule has 0 radical (unpaired) electrons. The molecule has 0 saturated carbocycles. The van der Waals surface area contributed by atoms with Crippen LogP contribution in [0.2, 0.25) is 0 Å². The number of carbonyl (C=O) groups is 1. The van der Waals surface area contributed by atoms with Crippen molar-refractivity contribution in [3.63, 3.8) is 0 Å². The summed E-state index contributed by atoms with van der Waals surface area (Å²) >= 11 is 4.65. The summed E-state index contributed by atoms with van der Waals surface area (Å²) in [5.41, 5.74) is 6.78. The first kappa shape index (κ1) is 14.0. The monoisotopic (exact) mass is 364 g/mol. The van der Waals surface area contributed by atoms with Gasteiger partial charge in [0, 0.05) is 14.9 Å². The highest BCUT2D eigenvalue weighted by Crippen LogP contribution is 2.29. The summed E-state index contributed by atoms with van der Waals surface area (Å²) in [6, 6.07) is 11.4. The fourth-order valence-electron chi connectivity index (χ4n) is 1.95. The Morgan fingerprint density at radius 3 is 2.81 bits per heavy atom. The first-order valence-corrected chi connectivity index (χ1v) is 7.69. The van der Waals surface area contributed by atoms with E-state index in [0.717, 1.165) is 10.1 Å². The van der Waals surface area contributed by atoms with Gasteiger partial charge >= 0.3 is 0 Å². The molecule has 0 spiro atoms. The third-order valence-electron chi connectivity index (χ3n) is 2.94. The lowest BCUT2D eigenvalue weighted by Gasteiger charge is -2.05. The van der Waals surface area contributed by atoms with E-state index in [2.05, 4.69) is 21.2 Å². The Balaban J connectivity index is 1.91. The van der Waals surface area contributed by atoms with Gasteiger partial charge in [0.2, 0.25) is 0 Å². The number of fused-ring (bicyclic) bond motifs is 1. The minimum absolute atomic E-state index is 0.277. The van der Waals surface area contributed by atoms with E-state index in [1.54, 1.807) is 18.2 Å². The molecule has 3 N–H and O–H groups in total. The third kappa shape index (κ3) is 2.91. The number of thiophene rings is 1. The van der Waals surface area contributed by atoms with Crippen LogP contribution in [0.1, 0.15) is 9.67 Å². The molecule has 1 heterocycles. The van der Waals surface area contributed by atoms with Crippen molar-refractivity contribution in [2.45, 2.75) is 0 Å². The molecule has 0 aliphatic rings. The van der Waals surface area contributed by atoms with Crippen LogP contribution in [-0.2, 0) is 0 Å². The van der Waals surface area contributed by atoms with Gasteiger partial charge in [-0.2, -0.15) is 0 Å². The van der Waals surface area contributed by atoms with Gasteiger partial charge < -0.3 is 11.1 Å². The molecule has 1 amide bonds. The lowest BCUT2D eigenvalue weighted by Crippen LogP contribution is -2.10. The number of amides is 1. The maximum atomic E-state index is 13.2. The first-order valence-electron chi connectivity index (χ1n) is 6.08. The molecule has 106 valence electrons. The molecular formula is C15H10BrFN2OS. The maximum Gasteiger partial charge on any atom is 0.265 e. The molecule has 3 nitrogen and oxygen atoms in total. The Kier molecular flexibility index (Phi) is 3.65. The quantitative estimate of drug-likeness (QED) is 0.650. The van der Waals surface area contributed by atoms with Crippen LogP contribution in [0, 0.1) is 5.82 Å². The standard InChI is InChI=1S/C15H10BrFN2OS/c16-11-3-1-9(17)7-12(11)19-15(20)14-6-8-5-10(18)2-4-13(8)21-14/h1-7H,18H2,(H,19,20). The van der Waals surface area contributed by atoms with Crippen molar-refractivity contribution in [1.82, 2.24) is 0 Å². The van der Waals surface area contributed by atoms with E-state index in [4.69, 9.17) is 5.73 Å². The number of hydrogen-bond donors (Lipinski definition) is 2. The Morgan fingerprint density at radius 2 is 2.00 bits per heavy atom. The topological polar surface area (TPSA) is 55.1 Å². The number of halogens is 2. The van der Waals surface area contributed by atoms with Crippen LogP contribution in [0.15, 0.2) is 46.9 Å². The van der Waals surface area contributed by atoms with E-state index in [1.807, 2.05) is 12.1 Å². The van der Waals surface area contributed by atoms with Crippen LogP contribution in [0.4, 0.5) is 15.8 Å². The lowest BCUT2D eigenvalue weighted by atomic mass is 10.2. The zero-order valence-corrected chi connectivity index (χ0v) is 13.1. The van der Waals surface area contributed by atoms with Gasteiger partial charge in [-0.1, -0.05) is 0 Å². The van der Waals surface area contributed by atoms with Gasteiger partial charge in [-0.05, 0) is 63.8 Å². The van der Waals surface area contributed by atoms with Crippen molar-refractivity contribution in [2.24, 2.45) is 0 Å². The molecule has 0 aliphatic heterocycles. The molecule has 2 aromatic carbocycles. The van der Waals surface area contributed by atoms with Crippen molar-refractivity contribution in [1.29, 1.82) is 0 Å². The second-order valence-electron chi connectivity index (χ2n) is 4.49. The van der Waals surface area contributed by atoms with Gasteiger partial charge in [-0.3, -0.25) is 4.79 Å². The number of anilines is 2. The Morgan fingerprint density at radius 1 is 1.19 bits per heavy atom. The van der Waals surface area contributed by atoms with E-state index < -0.39 is 5.82 Å². The Hall–Kier alpha value is -1.92. The Bertz CT molecular complexity index is 847. The molecule has 6 heteroatoms. The largest absolute Gasteiger partial charge is 0.399 e. The number of carbonyl (C=O) groups excluding carboxylic acids is 1. The average Bonchev–Trinajstić information content (AvgIpc) is 2.86. The van der Waals surface area contributed by atoms with Crippen molar-refractivity contribution >= 4 is 54.6 Å². The van der Waals surface area contributed by atoms with Gasteiger partial charge in [-0.25, -0.2) is 4.39 Å². The number of hydrogen-bond acceptors (Lipinski definition) is 3. The second-order valence-corrected chi connectivity index (χ2v) is 6.42. The zero-order chi connectivity index (χ0) is 15.0. The molecule has 0 aliphatic carbocycles. The van der Waals surface area contributed by atoms with E-state index in [0.29, 0.717) is 20.7 Å². The summed E-state index contributed by atoms with van der Waals surface area (Å²) < 4.78 is 14.8. The van der Waals surface area contributed by atoms with Gasteiger partial charge in [0.05, 0.1) is 10.6 Å². The molecule has 0 bridgehead atoms. The Labute approximate surface area is 132 Å². The summed E-state index contributed by atoms with van der Waals surface area (Å²) in [4.78, 5) is 12.8. The minimum Gasteiger partial charge on any atom is -0.399 e. The van der Waals surface area contributed by atoms with Crippen molar-refractivity contribution in [2.75, 3.05) is 11.1 Å². The van der Waals surface area contributed by atoms with E-state index >= 15 is 0 Å². The zero-order valence-electron chi connectivity index (χ0n) is 10.7. The van der Waals surface area contributed by atoms with Crippen LogP contribution in [0.5, 0.6) is 0 Å². The molecule has 0 saturated heterocycles. The highest BCUT2D eigenvalue weighted by atomic mass is 79.9. The molecule has 3 rings (SSSR count). The normalized spacial score (nSPS) is 10.8. The van der Waals surface area contributed by atoms with Crippen molar-refractivity contribution in [3.05, 3.63) is 57.6 Å². The number of benzene rings is 2. The predicted octanol–water partition coefficient (Wildman–Crippen LogP) is 4.64. The number of rotatable bonds is 2. The summed E-state index contributed by atoms with van der Waals surface area (Å²) in [6.45, 7) is 0. The van der Waals surface area contributed by atoms with Crippen LogP contribution in [0.25, 0.3) is 10.1 Å². The van der Waals surface area contributed by atoms with Gasteiger partial charge in [0.15, 0.2) is 0 Å². The molecule has 21 heavy (non-hydrogen) atoms. The smallest absolute Gasteiger partial charge is 0.265 e. The highest BCUT2D eigenvalue weighted by molar-refractivity contribution is 9.10. The SMILES string of the molecule is Nc1ccc2sc(C(=O)Nc3cc(F)ccc3Br)cc2c1. The lowest BCUT2D eigenvalue weighted by molar-refractivity contribution is 0.103. The first-order chi connectivity index (χ1) is 10.0. The van der Waals surface area contributed by atoms with E-state index in [-0.39, 0.29) is 5.91 Å². The maximum absolute atomic E-state index is 13.2. The average molecular weight is 365 g/mol. The molecule has 3 aromatic rings. The molecule has 1 aromatic heterocycles. The summed E-state index contributed by atoms with van der Waals surface area (Å²) in [7, 11) is 0. The molecule has 0 unspecified atom stereocenters. The van der Waals surface area contributed by atoms with Crippen LogP contribution >= 0.6 is 27.3 Å². The van der Waals surface area contributed by atoms with Gasteiger partial charge in [-0.15, -0.1) is 11.3 Å². The molecular weight excluding hydrogens is 355 g/mol. The number of nitrogen functional groups attached to an aromatic ring is 1. The van der Waals surface area contributed by atoms with Crippen LogP contribution < -0.4 is 11.1 Å². The van der Waals surface area contributed by atoms with Crippen LogP contribution in [-0.4, -0.2) is 5.91 Å². The molecule has 0 atom stereocenters. The van der Waals surface area contributed by atoms with Gasteiger partial charge in [0.25, 0.3) is 5.91 Å². The van der Waals surface area contributed by atoms with Crippen molar-refractivity contribution < 1.29 is 9.18 Å².